The summed E-state index contributed by atoms with van der Waals surface area (Å²) < 4.78 is 0. The van der Waals surface area contributed by atoms with E-state index in [0.717, 1.165) is 12.8 Å². The van der Waals surface area contributed by atoms with Gasteiger partial charge in [0.1, 0.15) is 0 Å². The van der Waals surface area contributed by atoms with Gasteiger partial charge in [-0.2, -0.15) is 0 Å². The highest BCUT2D eigenvalue weighted by atomic mass is 16.4. The van der Waals surface area contributed by atoms with E-state index in [2.05, 4.69) is 6.08 Å². The lowest BCUT2D eigenvalue weighted by molar-refractivity contribution is -0.140. The number of carbonyl (C=O) groups is 1. The third kappa shape index (κ3) is 15.4. The lowest BCUT2D eigenvalue weighted by Gasteiger charge is -2.02. The van der Waals surface area contributed by atoms with Crippen LogP contribution in [0.4, 0.5) is 0 Å². The average molecular weight is 298 g/mol. The van der Waals surface area contributed by atoms with E-state index in [-0.39, 0.29) is 5.92 Å². The molecule has 0 fully saturated rings. The summed E-state index contributed by atoms with van der Waals surface area (Å²) in [6, 6.07) is 0. The number of carboxylic acid groups (broad SMARTS) is 1. The second-order valence-electron chi connectivity index (χ2n) is 5.99. The first-order valence-corrected chi connectivity index (χ1v) is 8.67. The highest BCUT2D eigenvalue weighted by Crippen LogP contribution is 2.11. The van der Waals surface area contributed by atoms with Crippen LogP contribution in [0.15, 0.2) is 12.2 Å². The Bertz CT molecular complexity index is 261. The zero-order valence-electron chi connectivity index (χ0n) is 13.7. The monoisotopic (exact) mass is 298 g/mol. The normalized spacial score (nSPS) is 12.9. The van der Waals surface area contributed by atoms with Crippen LogP contribution >= 0.6 is 0 Å². The van der Waals surface area contributed by atoms with Crippen molar-refractivity contribution in [1.82, 2.24) is 0 Å². The Labute approximate surface area is 130 Å². The van der Waals surface area contributed by atoms with Gasteiger partial charge in [-0.25, -0.2) is 0 Å². The van der Waals surface area contributed by atoms with Crippen molar-refractivity contribution in [3.8, 4) is 0 Å². The van der Waals surface area contributed by atoms with Gasteiger partial charge in [0, 0.05) is 6.61 Å². The van der Waals surface area contributed by atoms with Gasteiger partial charge in [0.05, 0.1) is 5.92 Å². The summed E-state index contributed by atoms with van der Waals surface area (Å²) in [5, 5.41) is 17.4. The number of aliphatic carboxylic acids is 1. The van der Waals surface area contributed by atoms with Crippen LogP contribution in [0.3, 0.4) is 0 Å². The molecule has 21 heavy (non-hydrogen) atoms. The van der Waals surface area contributed by atoms with Crippen LogP contribution in [0.25, 0.3) is 0 Å². The Morgan fingerprint density at radius 2 is 1.33 bits per heavy atom. The zero-order valence-corrected chi connectivity index (χ0v) is 13.7. The summed E-state index contributed by atoms with van der Waals surface area (Å²) in [5.74, 6) is -0.977. The van der Waals surface area contributed by atoms with E-state index in [1.165, 1.54) is 57.8 Å². The molecule has 1 unspecified atom stereocenters. The number of aliphatic hydroxyl groups is 1. The summed E-state index contributed by atoms with van der Waals surface area (Å²) in [5.41, 5.74) is 0. The molecule has 0 aliphatic carbocycles. The molecule has 124 valence electrons. The predicted molar refractivity (Wildman–Crippen MR) is 88.4 cm³/mol. The highest BCUT2D eigenvalue weighted by molar-refractivity contribution is 5.69. The maximum absolute atomic E-state index is 10.6. The second-order valence-corrected chi connectivity index (χ2v) is 5.99. The number of hydrogen-bond donors (Lipinski definition) is 2. The topological polar surface area (TPSA) is 57.5 Å². The van der Waals surface area contributed by atoms with Gasteiger partial charge in [0.2, 0.25) is 0 Å². The number of hydrogen-bond acceptors (Lipinski definition) is 2. The van der Waals surface area contributed by atoms with Gasteiger partial charge in [0.15, 0.2) is 0 Å². The van der Waals surface area contributed by atoms with Crippen LogP contribution < -0.4 is 0 Å². The van der Waals surface area contributed by atoms with Crippen LogP contribution in [-0.4, -0.2) is 22.8 Å². The molecule has 0 bridgehead atoms. The van der Waals surface area contributed by atoms with Crippen LogP contribution in [0.5, 0.6) is 0 Å². The molecule has 0 amide bonds. The molecular weight excluding hydrogens is 264 g/mol. The molecule has 0 rings (SSSR count). The number of unbranched alkanes of at least 4 members (excludes halogenated alkanes) is 10. The summed E-state index contributed by atoms with van der Waals surface area (Å²) >= 11 is 0. The number of carboxylic acids is 1. The van der Waals surface area contributed by atoms with E-state index in [1.54, 1.807) is 6.92 Å². The summed E-state index contributed by atoms with van der Waals surface area (Å²) in [6.45, 7) is 2.08. The SMILES string of the molecule is CC(C/C=C/CCCCCCCCCCCCO)C(=O)O. The van der Waals surface area contributed by atoms with Crippen LogP contribution in [0.2, 0.25) is 0 Å². The Kier molecular flexibility index (Phi) is 14.9. The molecule has 3 heteroatoms. The number of allylic oxidation sites excluding steroid dienone is 2. The smallest absolute Gasteiger partial charge is 0.306 e. The fourth-order valence-electron chi connectivity index (χ4n) is 2.31. The first-order chi connectivity index (χ1) is 10.2. The van der Waals surface area contributed by atoms with Gasteiger partial charge in [0.25, 0.3) is 0 Å². The molecule has 0 aromatic rings. The molecule has 0 heterocycles. The quantitative estimate of drug-likeness (QED) is 0.333. The number of aliphatic hydroxyl groups excluding tert-OH is 1. The molecule has 0 aliphatic rings. The minimum atomic E-state index is -0.712. The third-order valence-corrected chi connectivity index (χ3v) is 3.86. The summed E-state index contributed by atoms with van der Waals surface area (Å²) in [7, 11) is 0. The standard InChI is InChI=1S/C18H34O3/c1-17(18(20)21)15-13-11-9-7-5-3-2-4-6-8-10-12-14-16-19/h11,13,17,19H,2-10,12,14-16H2,1H3,(H,20,21)/b13-11+. The van der Waals surface area contributed by atoms with Crippen molar-refractivity contribution in [1.29, 1.82) is 0 Å². The van der Waals surface area contributed by atoms with Gasteiger partial charge in [-0.1, -0.05) is 70.4 Å². The molecule has 0 saturated carbocycles. The van der Waals surface area contributed by atoms with Crippen molar-refractivity contribution in [2.75, 3.05) is 6.61 Å². The van der Waals surface area contributed by atoms with E-state index < -0.39 is 5.97 Å². The molecule has 0 aromatic carbocycles. The van der Waals surface area contributed by atoms with E-state index in [1.807, 2.05) is 6.08 Å². The van der Waals surface area contributed by atoms with Crippen LogP contribution in [0, 0.1) is 5.92 Å². The minimum absolute atomic E-state index is 0.265. The van der Waals surface area contributed by atoms with Crippen molar-refractivity contribution in [2.24, 2.45) is 5.92 Å². The van der Waals surface area contributed by atoms with Crippen LogP contribution in [-0.2, 0) is 4.79 Å². The Hall–Kier alpha value is -0.830. The zero-order chi connectivity index (χ0) is 15.8. The molecule has 3 nitrogen and oxygen atoms in total. The molecule has 0 radical (unpaired) electrons. The van der Waals surface area contributed by atoms with Crippen molar-refractivity contribution in [3.63, 3.8) is 0 Å². The molecular formula is C18H34O3. The fraction of sp³-hybridized carbons (Fsp3) is 0.833. The third-order valence-electron chi connectivity index (χ3n) is 3.86. The van der Waals surface area contributed by atoms with Gasteiger partial charge >= 0.3 is 5.97 Å². The first kappa shape index (κ1) is 20.2. The largest absolute Gasteiger partial charge is 0.481 e. The predicted octanol–water partition coefficient (Wildman–Crippen LogP) is 4.94. The Morgan fingerprint density at radius 3 is 1.81 bits per heavy atom. The van der Waals surface area contributed by atoms with Crippen LogP contribution in [0.1, 0.15) is 84.0 Å². The van der Waals surface area contributed by atoms with E-state index in [9.17, 15) is 4.79 Å². The molecule has 2 N–H and O–H groups in total. The minimum Gasteiger partial charge on any atom is -0.481 e. The number of rotatable bonds is 15. The van der Waals surface area contributed by atoms with Crippen molar-refractivity contribution in [3.05, 3.63) is 12.2 Å². The molecule has 1 atom stereocenters. The lowest BCUT2D eigenvalue weighted by atomic mass is 10.0. The molecule has 0 aromatic heterocycles. The maximum Gasteiger partial charge on any atom is 0.306 e. The van der Waals surface area contributed by atoms with Gasteiger partial charge in [-0.15, -0.1) is 0 Å². The van der Waals surface area contributed by atoms with Crippen molar-refractivity contribution in [2.45, 2.75) is 84.0 Å². The molecule has 0 spiro atoms. The van der Waals surface area contributed by atoms with Gasteiger partial charge < -0.3 is 10.2 Å². The fourth-order valence-corrected chi connectivity index (χ4v) is 2.31. The van der Waals surface area contributed by atoms with Crippen molar-refractivity contribution < 1.29 is 15.0 Å². The average Bonchev–Trinajstić information content (AvgIpc) is 2.47. The van der Waals surface area contributed by atoms with E-state index in [0.29, 0.717) is 13.0 Å². The summed E-state index contributed by atoms with van der Waals surface area (Å²) in [6.07, 6.45) is 18.4. The van der Waals surface area contributed by atoms with E-state index in [4.69, 9.17) is 10.2 Å². The van der Waals surface area contributed by atoms with Crippen molar-refractivity contribution >= 4 is 5.97 Å². The second kappa shape index (κ2) is 15.6. The van der Waals surface area contributed by atoms with Gasteiger partial charge in [-0.3, -0.25) is 4.79 Å². The molecule has 0 saturated heterocycles. The maximum atomic E-state index is 10.6. The lowest BCUT2D eigenvalue weighted by Crippen LogP contribution is -2.07. The van der Waals surface area contributed by atoms with Gasteiger partial charge in [-0.05, 0) is 25.7 Å². The summed E-state index contributed by atoms with van der Waals surface area (Å²) in [4.78, 5) is 10.6. The van der Waals surface area contributed by atoms with E-state index >= 15 is 0 Å². The first-order valence-electron chi connectivity index (χ1n) is 8.67. The molecule has 0 aliphatic heterocycles. The Morgan fingerprint density at radius 1 is 0.857 bits per heavy atom. The highest BCUT2D eigenvalue weighted by Gasteiger charge is 2.07. The Balaban J connectivity index is 3.15.